The van der Waals surface area contributed by atoms with Crippen LogP contribution in [0.25, 0.3) is 0 Å². The van der Waals surface area contributed by atoms with E-state index < -0.39 is 0 Å². The van der Waals surface area contributed by atoms with Gasteiger partial charge in [0.25, 0.3) is 0 Å². The lowest BCUT2D eigenvalue weighted by atomic mass is 9.85. The molecule has 1 aliphatic heterocycles. The number of anilines is 2. The number of pyridine rings is 1. The molecule has 0 radical (unpaired) electrons. The topological polar surface area (TPSA) is 74.8 Å². The first-order valence-electron chi connectivity index (χ1n) is 10.1. The van der Waals surface area contributed by atoms with Gasteiger partial charge >= 0.3 is 0 Å². The van der Waals surface area contributed by atoms with E-state index in [-0.39, 0.29) is 17.7 Å². The molecule has 1 aromatic carbocycles. The first-order valence-corrected chi connectivity index (χ1v) is 10.1. The fourth-order valence-corrected chi connectivity index (χ4v) is 3.59. The molecule has 1 saturated carbocycles. The number of piperazine rings is 1. The molecule has 1 N–H and O–H groups in total. The summed E-state index contributed by atoms with van der Waals surface area (Å²) in [7, 11) is 0. The van der Waals surface area contributed by atoms with Gasteiger partial charge in [0.05, 0.1) is 0 Å². The van der Waals surface area contributed by atoms with E-state index in [1.54, 1.807) is 19.2 Å². The van der Waals surface area contributed by atoms with E-state index in [0.717, 1.165) is 51.1 Å². The fraction of sp³-hybridized carbons (Fsp3) is 0.409. The van der Waals surface area contributed by atoms with Crippen molar-refractivity contribution in [3.05, 3.63) is 42.6 Å². The second kappa shape index (κ2) is 8.51. The van der Waals surface area contributed by atoms with Gasteiger partial charge in [-0.2, -0.15) is 0 Å². The lowest BCUT2D eigenvalue weighted by Crippen LogP contribution is -2.48. The van der Waals surface area contributed by atoms with Gasteiger partial charge in [-0.25, -0.2) is 4.98 Å². The predicted molar refractivity (Wildman–Crippen MR) is 111 cm³/mol. The van der Waals surface area contributed by atoms with E-state index in [2.05, 4.69) is 15.2 Å². The molecule has 4 rings (SSSR count). The fourth-order valence-electron chi connectivity index (χ4n) is 3.59. The number of rotatable bonds is 5. The Balaban J connectivity index is 1.39. The van der Waals surface area contributed by atoms with Crippen LogP contribution in [0.5, 0.6) is 11.6 Å². The molecule has 29 heavy (non-hydrogen) atoms. The van der Waals surface area contributed by atoms with Crippen LogP contribution < -0.4 is 15.0 Å². The van der Waals surface area contributed by atoms with Gasteiger partial charge in [0.1, 0.15) is 11.4 Å². The van der Waals surface area contributed by atoms with Gasteiger partial charge in [0, 0.05) is 50.9 Å². The monoisotopic (exact) mass is 394 g/mol. The second-order valence-corrected chi connectivity index (χ2v) is 7.56. The summed E-state index contributed by atoms with van der Waals surface area (Å²) in [5.74, 6) is 1.32. The third kappa shape index (κ3) is 4.50. The van der Waals surface area contributed by atoms with E-state index in [1.165, 1.54) is 0 Å². The van der Waals surface area contributed by atoms with Gasteiger partial charge in [-0.3, -0.25) is 9.59 Å². The number of ether oxygens (including phenoxy) is 1. The molecule has 152 valence electrons. The zero-order chi connectivity index (χ0) is 20.2. The Labute approximate surface area is 170 Å². The van der Waals surface area contributed by atoms with Gasteiger partial charge < -0.3 is 19.9 Å². The lowest BCUT2D eigenvalue weighted by molar-refractivity contribution is -0.129. The zero-order valence-corrected chi connectivity index (χ0v) is 16.6. The highest BCUT2D eigenvalue weighted by Crippen LogP contribution is 2.31. The van der Waals surface area contributed by atoms with Crippen LogP contribution in [0.15, 0.2) is 42.6 Å². The highest BCUT2D eigenvalue weighted by atomic mass is 16.5. The van der Waals surface area contributed by atoms with Crippen molar-refractivity contribution >= 4 is 23.2 Å². The summed E-state index contributed by atoms with van der Waals surface area (Å²) in [5, 5.41) is 2.94. The van der Waals surface area contributed by atoms with Crippen molar-refractivity contribution in [1.82, 2.24) is 9.88 Å². The van der Waals surface area contributed by atoms with Crippen LogP contribution in [-0.4, -0.2) is 47.9 Å². The third-order valence-electron chi connectivity index (χ3n) is 5.65. The van der Waals surface area contributed by atoms with E-state index in [9.17, 15) is 9.59 Å². The van der Waals surface area contributed by atoms with Gasteiger partial charge in [0.15, 0.2) is 0 Å². The average Bonchev–Trinajstić information content (AvgIpc) is 2.69. The van der Waals surface area contributed by atoms with Gasteiger partial charge in [-0.1, -0.05) is 6.42 Å². The molecule has 7 heteroatoms. The number of hydrogen-bond acceptors (Lipinski definition) is 5. The molecule has 0 atom stereocenters. The zero-order valence-electron chi connectivity index (χ0n) is 16.6. The van der Waals surface area contributed by atoms with Crippen LogP contribution in [0.2, 0.25) is 0 Å². The van der Waals surface area contributed by atoms with Crippen molar-refractivity contribution in [2.24, 2.45) is 5.92 Å². The largest absolute Gasteiger partial charge is 0.437 e. The van der Waals surface area contributed by atoms with Crippen molar-refractivity contribution in [1.29, 1.82) is 0 Å². The number of carbonyl (C=O) groups excluding carboxylic acids is 2. The van der Waals surface area contributed by atoms with Crippen molar-refractivity contribution in [2.45, 2.75) is 26.2 Å². The SMILES string of the molecule is CC(=O)N1CCN(c2ccc(Oc3ncccc3NC(=O)C3CCC3)cc2)CC1. The smallest absolute Gasteiger partial charge is 0.243 e. The molecule has 2 fully saturated rings. The number of nitrogens with zero attached hydrogens (tertiary/aromatic N) is 3. The molecule has 2 aliphatic rings. The van der Waals surface area contributed by atoms with Crippen LogP contribution in [0, 0.1) is 5.92 Å². The summed E-state index contributed by atoms with van der Waals surface area (Å²) in [6.45, 7) is 4.73. The van der Waals surface area contributed by atoms with Crippen LogP contribution in [0.4, 0.5) is 11.4 Å². The van der Waals surface area contributed by atoms with Crippen molar-refractivity contribution in [2.75, 3.05) is 36.4 Å². The Morgan fingerprint density at radius 2 is 1.79 bits per heavy atom. The molecule has 1 aliphatic carbocycles. The summed E-state index contributed by atoms with van der Waals surface area (Å²) < 4.78 is 5.94. The molecule has 0 unspecified atom stereocenters. The third-order valence-corrected chi connectivity index (χ3v) is 5.65. The Morgan fingerprint density at radius 1 is 1.07 bits per heavy atom. The molecule has 2 heterocycles. The molecule has 2 aromatic rings. The van der Waals surface area contributed by atoms with E-state index >= 15 is 0 Å². The summed E-state index contributed by atoms with van der Waals surface area (Å²) in [6, 6.07) is 11.4. The van der Waals surface area contributed by atoms with Crippen LogP contribution >= 0.6 is 0 Å². The highest BCUT2D eigenvalue weighted by molar-refractivity contribution is 5.94. The Morgan fingerprint density at radius 3 is 2.41 bits per heavy atom. The molecular formula is C22H26N4O3. The van der Waals surface area contributed by atoms with E-state index in [1.807, 2.05) is 35.2 Å². The van der Waals surface area contributed by atoms with Gasteiger partial charge in [-0.05, 0) is 49.2 Å². The molecule has 1 saturated heterocycles. The Kier molecular flexibility index (Phi) is 5.64. The number of hydrogen-bond donors (Lipinski definition) is 1. The number of nitrogens with one attached hydrogen (secondary N) is 1. The first-order chi connectivity index (χ1) is 14.1. The van der Waals surface area contributed by atoms with Crippen LogP contribution in [0.1, 0.15) is 26.2 Å². The van der Waals surface area contributed by atoms with E-state index in [4.69, 9.17) is 4.74 Å². The Bertz CT molecular complexity index is 872. The number of amides is 2. The maximum Gasteiger partial charge on any atom is 0.243 e. The highest BCUT2D eigenvalue weighted by Gasteiger charge is 2.26. The van der Waals surface area contributed by atoms with Gasteiger partial charge in [-0.15, -0.1) is 0 Å². The summed E-state index contributed by atoms with van der Waals surface area (Å²) in [4.78, 5) is 32.1. The number of aromatic nitrogens is 1. The first kappa shape index (κ1) is 19.2. The molecule has 2 amide bonds. The summed E-state index contributed by atoms with van der Waals surface area (Å²) in [6.07, 6.45) is 4.66. The minimum absolute atomic E-state index is 0.0363. The van der Waals surface area contributed by atoms with Crippen LogP contribution in [-0.2, 0) is 9.59 Å². The van der Waals surface area contributed by atoms with Gasteiger partial charge in [0.2, 0.25) is 17.7 Å². The van der Waals surface area contributed by atoms with Crippen molar-refractivity contribution in [3.63, 3.8) is 0 Å². The lowest BCUT2D eigenvalue weighted by Gasteiger charge is -2.35. The summed E-state index contributed by atoms with van der Waals surface area (Å²) >= 11 is 0. The maximum atomic E-state index is 12.3. The standard InChI is InChI=1S/C22H26N4O3/c1-16(27)25-12-14-26(15-13-25)18-7-9-19(10-8-18)29-22-20(6-3-11-23-22)24-21(28)17-4-2-5-17/h3,6-11,17H,2,4-5,12-15H2,1H3,(H,24,28). The Hall–Kier alpha value is -3.09. The predicted octanol–water partition coefficient (Wildman–Crippen LogP) is 3.28. The minimum Gasteiger partial charge on any atom is -0.437 e. The van der Waals surface area contributed by atoms with E-state index in [0.29, 0.717) is 17.3 Å². The quantitative estimate of drug-likeness (QED) is 0.842. The molecule has 1 aromatic heterocycles. The summed E-state index contributed by atoms with van der Waals surface area (Å²) in [5.41, 5.74) is 1.69. The molecule has 7 nitrogen and oxygen atoms in total. The molecular weight excluding hydrogens is 368 g/mol. The number of benzene rings is 1. The normalized spacial score (nSPS) is 16.9. The molecule has 0 bridgehead atoms. The molecule has 0 spiro atoms. The van der Waals surface area contributed by atoms with Crippen molar-refractivity contribution in [3.8, 4) is 11.6 Å². The maximum absolute atomic E-state index is 12.3. The van der Waals surface area contributed by atoms with Crippen LogP contribution in [0.3, 0.4) is 0 Å². The second-order valence-electron chi connectivity index (χ2n) is 7.56. The van der Waals surface area contributed by atoms with Crippen molar-refractivity contribution < 1.29 is 14.3 Å². The minimum atomic E-state index is 0.0363. The number of carbonyl (C=O) groups is 2. The average molecular weight is 394 g/mol.